The third kappa shape index (κ3) is 4.69. The zero-order valence-corrected chi connectivity index (χ0v) is 19.0. The monoisotopic (exact) mass is 433 g/mol. The van der Waals surface area contributed by atoms with E-state index in [4.69, 9.17) is 0 Å². The van der Waals surface area contributed by atoms with Gasteiger partial charge < -0.3 is 15.5 Å². The zero-order valence-electron chi connectivity index (χ0n) is 19.0. The number of benzene rings is 2. The maximum absolute atomic E-state index is 12.9. The standard InChI is InChI=1S/C26H31N3O3/c1-16-10-11-23(17(2)12-16)18(3)27-26(32)20-13-24(30)29(15-20)22-9-5-8-21(14-22)28-25(31)19-6-4-7-19/h5,8-12,14,18-20H,4,6-7,13,15H2,1-3H3,(H,27,32)(H,28,31)/t18-,20+/m1/s1. The topological polar surface area (TPSA) is 78.5 Å². The first-order chi connectivity index (χ1) is 15.3. The molecule has 32 heavy (non-hydrogen) atoms. The second kappa shape index (κ2) is 9.15. The lowest BCUT2D eigenvalue weighted by atomic mass is 9.85. The average Bonchev–Trinajstić information content (AvgIpc) is 3.08. The van der Waals surface area contributed by atoms with Crippen LogP contribution in [0.3, 0.4) is 0 Å². The summed E-state index contributed by atoms with van der Waals surface area (Å²) in [5.74, 6) is -0.448. The van der Waals surface area contributed by atoms with Gasteiger partial charge in [-0.25, -0.2) is 0 Å². The van der Waals surface area contributed by atoms with Gasteiger partial charge in [-0.05, 0) is 62.9 Å². The van der Waals surface area contributed by atoms with E-state index in [1.807, 2.05) is 57.2 Å². The number of anilines is 2. The van der Waals surface area contributed by atoms with E-state index in [2.05, 4.69) is 16.7 Å². The summed E-state index contributed by atoms with van der Waals surface area (Å²) >= 11 is 0. The van der Waals surface area contributed by atoms with Gasteiger partial charge in [0.2, 0.25) is 17.7 Å². The van der Waals surface area contributed by atoms with Crippen molar-refractivity contribution in [3.63, 3.8) is 0 Å². The minimum Gasteiger partial charge on any atom is -0.349 e. The molecule has 2 aromatic rings. The number of nitrogens with zero attached hydrogens (tertiary/aromatic N) is 1. The average molecular weight is 434 g/mol. The molecule has 6 heteroatoms. The Labute approximate surface area is 189 Å². The number of carbonyl (C=O) groups is 3. The van der Waals surface area contributed by atoms with Crippen LogP contribution in [0.2, 0.25) is 0 Å². The minimum absolute atomic E-state index is 0.0405. The smallest absolute Gasteiger partial charge is 0.227 e. The molecule has 2 aliphatic rings. The number of hydrogen-bond acceptors (Lipinski definition) is 3. The van der Waals surface area contributed by atoms with Crippen molar-refractivity contribution in [1.29, 1.82) is 0 Å². The van der Waals surface area contributed by atoms with Gasteiger partial charge in [-0.2, -0.15) is 0 Å². The van der Waals surface area contributed by atoms with E-state index < -0.39 is 5.92 Å². The van der Waals surface area contributed by atoms with Crippen molar-refractivity contribution in [2.75, 3.05) is 16.8 Å². The van der Waals surface area contributed by atoms with Crippen LogP contribution in [0, 0.1) is 25.7 Å². The first-order valence-corrected chi connectivity index (χ1v) is 11.4. The molecule has 2 aromatic carbocycles. The molecule has 1 heterocycles. The maximum Gasteiger partial charge on any atom is 0.227 e. The molecule has 168 valence electrons. The molecule has 1 aliphatic carbocycles. The summed E-state index contributed by atoms with van der Waals surface area (Å²) in [5, 5.41) is 6.03. The molecule has 6 nitrogen and oxygen atoms in total. The highest BCUT2D eigenvalue weighted by molar-refractivity contribution is 6.01. The molecule has 1 saturated carbocycles. The minimum atomic E-state index is -0.399. The molecule has 0 spiro atoms. The number of aryl methyl sites for hydroxylation is 2. The molecule has 0 bridgehead atoms. The van der Waals surface area contributed by atoms with Gasteiger partial charge in [0.25, 0.3) is 0 Å². The third-order valence-corrected chi connectivity index (χ3v) is 6.65. The van der Waals surface area contributed by atoms with Crippen LogP contribution in [0.5, 0.6) is 0 Å². The van der Waals surface area contributed by atoms with E-state index in [1.54, 1.807) is 4.90 Å². The van der Waals surface area contributed by atoms with Crippen LogP contribution in [0.1, 0.15) is 55.3 Å². The SMILES string of the molecule is Cc1ccc([C@@H](C)NC(=O)[C@H]2CC(=O)N(c3cccc(NC(=O)C4CCC4)c3)C2)c(C)c1. The van der Waals surface area contributed by atoms with E-state index >= 15 is 0 Å². The number of carbonyl (C=O) groups excluding carboxylic acids is 3. The number of amides is 3. The van der Waals surface area contributed by atoms with Crippen LogP contribution in [0.4, 0.5) is 11.4 Å². The van der Waals surface area contributed by atoms with Crippen molar-refractivity contribution >= 4 is 29.1 Å². The molecular weight excluding hydrogens is 402 g/mol. The number of rotatable bonds is 6. The molecule has 2 atom stereocenters. The second-order valence-corrected chi connectivity index (χ2v) is 9.16. The largest absolute Gasteiger partial charge is 0.349 e. The maximum atomic E-state index is 12.9. The van der Waals surface area contributed by atoms with Crippen molar-refractivity contribution in [3.8, 4) is 0 Å². The van der Waals surface area contributed by atoms with E-state index in [0.29, 0.717) is 17.9 Å². The van der Waals surface area contributed by atoms with Crippen molar-refractivity contribution in [2.45, 2.75) is 52.5 Å². The van der Waals surface area contributed by atoms with E-state index in [-0.39, 0.29) is 36.1 Å². The molecular formula is C26H31N3O3. The fourth-order valence-electron chi connectivity index (χ4n) is 4.52. The Bertz CT molecular complexity index is 1040. The molecule has 0 unspecified atom stereocenters. The lowest BCUT2D eigenvalue weighted by molar-refractivity contribution is -0.126. The summed E-state index contributed by atoms with van der Waals surface area (Å²) in [4.78, 5) is 39.5. The molecule has 1 aliphatic heterocycles. The molecule has 0 aromatic heterocycles. The van der Waals surface area contributed by atoms with Gasteiger partial charge in [-0.15, -0.1) is 0 Å². The Morgan fingerprint density at radius 2 is 1.81 bits per heavy atom. The summed E-state index contributed by atoms with van der Waals surface area (Å²) < 4.78 is 0. The lowest BCUT2D eigenvalue weighted by Crippen LogP contribution is -2.34. The van der Waals surface area contributed by atoms with Gasteiger partial charge in [0.05, 0.1) is 12.0 Å². The van der Waals surface area contributed by atoms with Gasteiger partial charge in [0, 0.05) is 30.3 Å². The lowest BCUT2D eigenvalue weighted by Gasteiger charge is -2.24. The Balaban J connectivity index is 1.39. The normalized spacial score (nSPS) is 19.4. The van der Waals surface area contributed by atoms with Crippen LogP contribution in [0.15, 0.2) is 42.5 Å². The van der Waals surface area contributed by atoms with Gasteiger partial charge >= 0.3 is 0 Å². The molecule has 0 radical (unpaired) electrons. The van der Waals surface area contributed by atoms with Crippen molar-refractivity contribution in [3.05, 3.63) is 59.2 Å². The van der Waals surface area contributed by atoms with Crippen molar-refractivity contribution < 1.29 is 14.4 Å². The molecule has 2 N–H and O–H groups in total. The van der Waals surface area contributed by atoms with Crippen LogP contribution in [-0.4, -0.2) is 24.3 Å². The van der Waals surface area contributed by atoms with E-state index in [1.165, 1.54) is 5.56 Å². The third-order valence-electron chi connectivity index (χ3n) is 6.65. The first kappa shape index (κ1) is 22.1. The molecule has 3 amide bonds. The van der Waals surface area contributed by atoms with Crippen LogP contribution in [0.25, 0.3) is 0 Å². The van der Waals surface area contributed by atoms with Crippen molar-refractivity contribution in [2.24, 2.45) is 11.8 Å². The van der Waals surface area contributed by atoms with Gasteiger partial charge in [-0.3, -0.25) is 14.4 Å². The summed E-state index contributed by atoms with van der Waals surface area (Å²) in [6.07, 6.45) is 3.16. The highest BCUT2D eigenvalue weighted by Gasteiger charge is 2.36. The fourth-order valence-corrected chi connectivity index (χ4v) is 4.52. The van der Waals surface area contributed by atoms with E-state index in [9.17, 15) is 14.4 Å². The van der Waals surface area contributed by atoms with Crippen molar-refractivity contribution in [1.82, 2.24) is 5.32 Å². The zero-order chi connectivity index (χ0) is 22.8. The van der Waals surface area contributed by atoms with Gasteiger partial charge in [-0.1, -0.05) is 36.2 Å². The Hall–Kier alpha value is -3.15. The number of hydrogen-bond donors (Lipinski definition) is 2. The van der Waals surface area contributed by atoms with Gasteiger partial charge in [0.15, 0.2) is 0 Å². The van der Waals surface area contributed by atoms with Crippen LogP contribution >= 0.6 is 0 Å². The Kier molecular flexibility index (Phi) is 6.31. The molecule has 1 saturated heterocycles. The number of nitrogens with one attached hydrogen (secondary N) is 2. The molecule has 2 fully saturated rings. The first-order valence-electron chi connectivity index (χ1n) is 11.4. The second-order valence-electron chi connectivity index (χ2n) is 9.16. The van der Waals surface area contributed by atoms with Crippen LogP contribution < -0.4 is 15.5 Å². The summed E-state index contributed by atoms with van der Waals surface area (Å²) in [5.41, 5.74) is 4.80. The Morgan fingerprint density at radius 1 is 1.03 bits per heavy atom. The highest BCUT2D eigenvalue weighted by atomic mass is 16.2. The van der Waals surface area contributed by atoms with E-state index in [0.717, 1.165) is 30.4 Å². The summed E-state index contributed by atoms with van der Waals surface area (Å²) in [7, 11) is 0. The predicted molar refractivity (Wildman–Crippen MR) is 125 cm³/mol. The quantitative estimate of drug-likeness (QED) is 0.714. The van der Waals surface area contributed by atoms with Gasteiger partial charge in [0.1, 0.15) is 0 Å². The fraction of sp³-hybridized carbons (Fsp3) is 0.423. The summed E-state index contributed by atoms with van der Waals surface area (Å²) in [6, 6.07) is 13.4. The van der Waals surface area contributed by atoms with Crippen LogP contribution in [-0.2, 0) is 14.4 Å². The summed E-state index contributed by atoms with van der Waals surface area (Å²) in [6.45, 7) is 6.40. The highest BCUT2D eigenvalue weighted by Crippen LogP contribution is 2.30. The Morgan fingerprint density at radius 3 is 2.50 bits per heavy atom. The predicted octanol–water partition coefficient (Wildman–Crippen LogP) is 4.27. The molecule has 4 rings (SSSR count).